The van der Waals surface area contributed by atoms with Gasteiger partial charge in [-0.2, -0.15) is 0 Å². The second-order valence-corrected chi connectivity index (χ2v) is 7.72. The van der Waals surface area contributed by atoms with E-state index in [1.54, 1.807) is 0 Å². The number of hydrogen-bond acceptors (Lipinski definition) is 3. The van der Waals surface area contributed by atoms with Crippen molar-refractivity contribution in [1.82, 2.24) is 20.9 Å². The first-order valence-electron chi connectivity index (χ1n) is 9.84. The lowest BCUT2D eigenvalue weighted by molar-refractivity contribution is -0.125. The first kappa shape index (κ1) is 18.7. The molecular weight excluding hydrogens is 330 g/mol. The number of carbonyl (C=O) groups is 2. The van der Waals surface area contributed by atoms with Gasteiger partial charge in [0.15, 0.2) is 5.96 Å². The van der Waals surface area contributed by atoms with Crippen LogP contribution < -0.4 is 16.0 Å². The number of likely N-dealkylation sites (tertiary alicyclic amines) is 1. The van der Waals surface area contributed by atoms with Crippen LogP contribution in [0, 0.1) is 11.8 Å². The van der Waals surface area contributed by atoms with E-state index in [0.717, 1.165) is 57.8 Å². The number of aliphatic imine (C=N–C) groups is 1. The lowest BCUT2D eigenvalue weighted by atomic mass is 9.79. The van der Waals surface area contributed by atoms with Crippen LogP contribution in [-0.4, -0.2) is 54.5 Å². The maximum atomic E-state index is 12.2. The van der Waals surface area contributed by atoms with Crippen molar-refractivity contribution in [3.8, 4) is 0 Å². The number of piperidine rings is 1. The fourth-order valence-electron chi connectivity index (χ4n) is 4.18. The third-order valence-electron chi connectivity index (χ3n) is 5.89. The summed E-state index contributed by atoms with van der Waals surface area (Å²) in [6.45, 7) is 7.33. The zero-order valence-electron chi connectivity index (χ0n) is 15.9. The highest BCUT2D eigenvalue weighted by molar-refractivity contribution is 6.07. The van der Waals surface area contributed by atoms with Crippen LogP contribution in [-0.2, 0) is 4.79 Å². The molecule has 0 aromatic heterocycles. The number of urea groups is 1. The minimum absolute atomic E-state index is 0.150. The smallest absolute Gasteiger partial charge is 0.322 e. The average Bonchev–Trinajstić information content (AvgIpc) is 2.92. The molecule has 0 radical (unpaired) electrons. The van der Waals surface area contributed by atoms with Crippen molar-refractivity contribution in [2.75, 3.05) is 26.2 Å². The van der Waals surface area contributed by atoms with Crippen LogP contribution in [0.5, 0.6) is 0 Å². The molecule has 2 atom stereocenters. The van der Waals surface area contributed by atoms with Crippen LogP contribution in [0.15, 0.2) is 17.1 Å². The Morgan fingerprint density at radius 2 is 2.08 bits per heavy atom. The summed E-state index contributed by atoms with van der Waals surface area (Å²) in [5.74, 6) is 1.57. The largest absolute Gasteiger partial charge is 0.357 e. The Balaban J connectivity index is 1.58. The first-order chi connectivity index (χ1) is 12.5. The predicted molar refractivity (Wildman–Crippen MR) is 102 cm³/mol. The summed E-state index contributed by atoms with van der Waals surface area (Å²) >= 11 is 0. The average molecular weight is 361 g/mol. The summed E-state index contributed by atoms with van der Waals surface area (Å²) < 4.78 is 0. The number of hydrogen-bond donors (Lipinski definition) is 3. The van der Waals surface area contributed by atoms with Crippen molar-refractivity contribution in [3.05, 3.63) is 12.2 Å². The standard InChI is InChI=1S/C19H31N5O2/c1-3-20-17(21-13-14-7-5-4-6-8-14)24-11-9-15(10-12-24)19(2)16(25)22-18(26)23-19/h4-5,14-15H,3,6-13H2,1-2H3,(H,20,21)(H2,22,23,25,26). The van der Waals surface area contributed by atoms with Gasteiger partial charge < -0.3 is 15.5 Å². The maximum absolute atomic E-state index is 12.2. The monoisotopic (exact) mass is 361 g/mol. The van der Waals surface area contributed by atoms with E-state index < -0.39 is 5.54 Å². The highest BCUT2D eigenvalue weighted by Crippen LogP contribution is 2.30. The van der Waals surface area contributed by atoms with Crippen molar-refractivity contribution in [2.24, 2.45) is 16.8 Å². The molecule has 2 aliphatic heterocycles. The van der Waals surface area contributed by atoms with Crippen molar-refractivity contribution < 1.29 is 9.59 Å². The zero-order valence-corrected chi connectivity index (χ0v) is 15.9. The molecule has 0 aromatic carbocycles. The van der Waals surface area contributed by atoms with E-state index in [4.69, 9.17) is 4.99 Å². The number of allylic oxidation sites excluding steroid dienone is 2. The normalized spacial score (nSPS) is 30.3. The zero-order chi connectivity index (χ0) is 18.6. The van der Waals surface area contributed by atoms with E-state index in [1.807, 2.05) is 6.92 Å². The summed E-state index contributed by atoms with van der Waals surface area (Å²) in [6, 6.07) is -0.378. The van der Waals surface area contributed by atoms with E-state index in [0.29, 0.717) is 5.92 Å². The Bertz CT molecular complexity index is 595. The Morgan fingerprint density at radius 1 is 1.31 bits per heavy atom. The molecule has 2 heterocycles. The molecule has 0 spiro atoms. The molecule has 2 saturated heterocycles. The molecule has 0 aromatic rings. The molecule has 3 aliphatic rings. The predicted octanol–water partition coefficient (Wildman–Crippen LogP) is 1.62. The lowest BCUT2D eigenvalue weighted by Crippen LogP contribution is -2.55. The lowest BCUT2D eigenvalue weighted by Gasteiger charge is -2.39. The Hall–Kier alpha value is -2.05. The summed E-state index contributed by atoms with van der Waals surface area (Å²) in [7, 11) is 0. The van der Waals surface area contributed by atoms with Crippen LogP contribution >= 0.6 is 0 Å². The fourth-order valence-corrected chi connectivity index (χ4v) is 4.18. The molecule has 3 N–H and O–H groups in total. The van der Waals surface area contributed by atoms with Crippen LogP contribution in [0.25, 0.3) is 0 Å². The van der Waals surface area contributed by atoms with Crippen molar-refractivity contribution >= 4 is 17.9 Å². The van der Waals surface area contributed by atoms with Crippen molar-refractivity contribution in [3.63, 3.8) is 0 Å². The minimum Gasteiger partial charge on any atom is -0.357 e. The fraction of sp³-hybridized carbons (Fsp3) is 0.737. The molecule has 7 heteroatoms. The Kier molecular flexibility index (Phi) is 5.84. The van der Waals surface area contributed by atoms with Gasteiger partial charge in [0.25, 0.3) is 5.91 Å². The molecule has 144 valence electrons. The van der Waals surface area contributed by atoms with Crippen LogP contribution in [0.3, 0.4) is 0 Å². The molecule has 2 unspecified atom stereocenters. The van der Waals surface area contributed by atoms with Gasteiger partial charge in [-0.15, -0.1) is 0 Å². The SMILES string of the molecule is CCNC(=NCC1CC=CCC1)N1CCC(C2(C)NC(=O)NC2=O)CC1. The topological polar surface area (TPSA) is 85.8 Å². The number of amides is 3. The maximum Gasteiger partial charge on any atom is 0.322 e. The number of nitrogens with one attached hydrogen (secondary N) is 3. The molecule has 3 rings (SSSR count). The summed E-state index contributed by atoms with van der Waals surface area (Å²) in [6.07, 6.45) is 9.75. The molecule has 0 saturated carbocycles. The summed E-state index contributed by atoms with van der Waals surface area (Å²) in [5, 5.41) is 8.60. The van der Waals surface area contributed by atoms with Crippen LogP contribution in [0.1, 0.15) is 46.0 Å². The third kappa shape index (κ3) is 4.02. The second kappa shape index (κ2) is 8.10. The van der Waals surface area contributed by atoms with E-state index >= 15 is 0 Å². The highest BCUT2D eigenvalue weighted by Gasteiger charge is 2.48. The van der Waals surface area contributed by atoms with Gasteiger partial charge in [0, 0.05) is 26.2 Å². The van der Waals surface area contributed by atoms with E-state index in [1.165, 1.54) is 6.42 Å². The number of guanidine groups is 1. The minimum atomic E-state index is -0.785. The van der Waals surface area contributed by atoms with Crippen LogP contribution in [0.4, 0.5) is 4.79 Å². The van der Waals surface area contributed by atoms with Crippen LogP contribution in [0.2, 0.25) is 0 Å². The van der Waals surface area contributed by atoms with Gasteiger partial charge in [0.1, 0.15) is 5.54 Å². The van der Waals surface area contributed by atoms with Crippen molar-refractivity contribution in [1.29, 1.82) is 0 Å². The number of carbonyl (C=O) groups excluding carboxylic acids is 2. The second-order valence-electron chi connectivity index (χ2n) is 7.72. The molecule has 3 amide bonds. The summed E-state index contributed by atoms with van der Waals surface area (Å²) in [4.78, 5) is 30.8. The molecule has 26 heavy (non-hydrogen) atoms. The van der Waals surface area contributed by atoms with Gasteiger partial charge in [0.2, 0.25) is 0 Å². The van der Waals surface area contributed by atoms with Gasteiger partial charge in [-0.25, -0.2) is 4.79 Å². The number of nitrogens with zero attached hydrogens (tertiary/aromatic N) is 2. The number of imide groups is 1. The molecule has 1 aliphatic carbocycles. The van der Waals surface area contributed by atoms with Gasteiger partial charge >= 0.3 is 6.03 Å². The molecule has 7 nitrogen and oxygen atoms in total. The summed E-state index contributed by atoms with van der Waals surface area (Å²) in [5.41, 5.74) is -0.785. The van der Waals surface area contributed by atoms with E-state index in [9.17, 15) is 9.59 Å². The Morgan fingerprint density at radius 3 is 2.65 bits per heavy atom. The molecule has 2 fully saturated rings. The van der Waals surface area contributed by atoms with Crippen molar-refractivity contribution in [2.45, 2.75) is 51.5 Å². The molecular formula is C19H31N5O2. The van der Waals surface area contributed by atoms with Gasteiger partial charge in [-0.05, 0) is 57.8 Å². The number of rotatable bonds is 4. The quantitative estimate of drug-likeness (QED) is 0.307. The van der Waals surface area contributed by atoms with Gasteiger partial charge in [-0.3, -0.25) is 15.1 Å². The van der Waals surface area contributed by atoms with E-state index in [-0.39, 0.29) is 17.9 Å². The Labute approximate surface area is 155 Å². The van der Waals surface area contributed by atoms with Gasteiger partial charge in [-0.1, -0.05) is 12.2 Å². The van der Waals surface area contributed by atoms with E-state index in [2.05, 4.69) is 39.9 Å². The molecule has 0 bridgehead atoms. The third-order valence-corrected chi connectivity index (χ3v) is 5.89. The first-order valence-corrected chi connectivity index (χ1v) is 9.84. The highest BCUT2D eigenvalue weighted by atomic mass is 16.2. The van der Waals surface area contributed by atoms with Gasteiger partial charge in [0.05, 0.1) is 0 Å².